The van der Waals surface area contributed by atoms with Gasteiger partial charge in [-0.25, -0.2) is 13.1 Å². The maximum atomic E-state index is 11.9. The zero-order valence-corrected chi connectivity index (χ0v) is 12.3. The molecule has 4 nitrogen and oxygen atoms in total. The van der Waals surface area contributed by atoms with Crippen LogP contribution in [0.4, 0.5) is 0 Å². The summed E-state index contributed by atoms with van der Waals surface area (Å²) in [6, 6.07) is 4.77. The topological polar surface area (TPSA) is 66.4 Å². The quantitative estimate of drug-likeness (QED) is 0.861. The van der Waals surface area contributed by atoms with Gasteiger partial charge in [0.2, 0.25) is 10.0 Å². The Kier molecular flexibility index (Phi) is 5.40. The average molecular weight is 343 g/mol. The first-order valence-electron chi connectivity index (χ1n) is 4.96. The Bertz CT molecular complexity index is 470. The second-order valence-corrected chi connectivity index (χ2v) is 6.55. The van der Waals surface area contributed by atoms with Crippen LogP contribution < -0.4 is 4.72 Å². The molecule has 96 valence electrons. The zero-order valence-electron chi connectivity index (χ0n) is 9.15. The van der Waals surface area contributed by atoms with Crippen molar-refractivity contribution in [3.63, 3.8) is 0 Å². The summed E-state index contributed by atoms with van der Waals surface area (Å²) in [4.78, 5) is 0.0206. The predicted octanol–water partition coefficient (Wildman–Crippen LogP) is 2.15. The molecular weight excluding hydrogens is 330 g/mol. The van der Waals surface area contributed by atoms with E-state index in [0.717, 1.165) is 0 Å². The van der Waals surface area contributed by atoms with Crippen LogP contribution in [-0.4, -0.2) is 26.2 Å². The highest BCUT2D eigenvalue weighted by molar-refractivity contribution is 9.10. The lowest BCUT2D eigenvalue weighted by atomic mass is 10.3. The number of aliphatic hydroxyl groups excluding tert-OH is 1. The van der Waals surface area contributed by atoms with Gasteiger partial charge in [0.15, 0.2) is 0 Å². The van der Waals surface area contributed by atoms with Gasteiger partial charge in [0.25, 0.3) is 0 Å². The molecule has 0 aromatic heterocycles. The Morgan fingerprint density at radius 1 is 1.53 bits per heavy atom. The van der Waals surface area contributed by atoms with Crippen molar-refractivity contribution >= 4 is 37.6 Å². The first kappa shape index (κ1) is 14.9. The smallest absolute Gasteiger partial charge is 0.243 e. The van der Waals surface area contributed by atoms with Crippen LogP contribution in [0.25, 0.3) is 0 Å². The fourth-order valence-electron chi connectivity index (χ4n) is 1.21. The minimum atomic E-state index is -3.66. The van der Waals surface area contributed by atoms with Gasteiger partial charge in [-0.05, 0) is 41.4 Å². The van der Waals surface area contributed by atoms with Crippen molar-refractivity contribution in [3.05, 3.63) is 27.7 Å². The summed E-state index contributed by atoms with van der Waals surface area (Å²) in [5, 5.41) is 9.22. The minimum Gasteiger partial charge on any atom is -0.393 e. The minimum absolute atomic E-state index is 0.0206. The average Bonchev–Trinajstić information content (AvgIpc) is 2.15. The van der Waals surface area contributed by atoms with Gasteiger partial charge in [-0.2, -0.15) is 0 Å². The summed E-state index contributed by atoms with van der Waals surface area (Å²) in [6.07, 6.45) is -0.200. The first-order chi connectivity index (χ1) is 7.84. The number of benzene rings is 1. The fraction of sp³-hybridized carbons (Fsp3) is 0.400. The monoisotopic (exact) mass is 341 g/mol. The molecule has 0 aliphatic carbocycles. The van der Waals surface area contributed by atoms with Crippen molar-refractivity contribution in [2.24, 2.45) is 0 Å². The van der Waals surface area contributed by atoms with Crippen LogP contribution in [-0.2, 0) is 10.0 Å². The maximum Gasteiger partial charge on any atom is 0.243 e. The Morgan fingerprint density at radius 2 is 2.18 bits per heavy atom. The van der Waals surface area contributed by atoms with Crippen LogP contribution in [0.3, 0.4) is 0 Å². The molecule has 1 unspecified atom stereocenters. The van der Waals surface area contributed by atoms with Gasteiger partial charge in [-0.3, -0.25) is 0 Å². The number of nitrogens with one attached hydrogen (secondary N) is 1. The van der Waals surface area contributed by atoms with E-state index in [2.05, 4.69) is 20.7 Å². The number of rotatable bonds is 5. The van der Waals surface area contributed by atoms with E-state index in [1.54, 1.807) is 19.1 Å². The third-order valence-electron chi connectivity index (χ3n) is 2.04. The summed E-state index contributed by atoms with van der Waals surface area (Å²) >= 11 is 9.01. The lowest BCUT2D eigenvalue weighted by Gasteiger charge is -2.10. The Morgan fingerprint density at radius 3 is 2.71 bits per heavy atom. The van der Waals surface area contributed by atoms with Crippen molar-refractivity contribution in [1.82, 2.24) is 4.72 Å². The van der Waals surface area contributed by atoms with Crippen molar-refractivity contribution in [3.8, 4) is 0 Å². The van der Waals surface area contributed by atoms with E-state index in [0.29, 0.717) is 10.9 Å². The van der Waals surface area contributed by atoms with Gasteiger partial charge in [0, 0.05) is 11.0 Å². The van der Waals surface area contributed by atoms with Gasteiger partial charge in [0.05, 0.1) is 11.1 Å². The van der Waals surface area contributed by atoms with Crippen LogP contribution in [0.2, 0.25) is 5.02 Å². The molecule has 0 saturated carbocycles. The Hall–Kier alpha value is -0.140. The molecule has 0 bridgehead atoms. The molecule has 0 amide bonds. The van der Waals surface area contributed by atoms with E-state index in [-0.39, 0.29) is 16.5 Å². The maximum absolute atomic E-state index is 11.9. The normalized spacial score (nSPS) is 13.6. The highest BCUT2D eigenvalue weighted by Crippen LogP contribution is 2.28. The highest BCUT2D eigenvalue weighted by Gasteiger charge is 2.20. The number of halogens is 2. The predicted molar refractivity (Wildman–Crippen MR) is 70.6 cm³/mol. The summed E-state index contributed by atoms with van der Waals surface area (Å²) in [7, 11) is -3.66. The van der Waals surface area contributed by atoms with Crippen LogP contribution in [0.15, 0.2) is 27.6 Å². The molecule has 1 aromatic carbocycles. The Balaban J connectivity index is 2.90. The Labute approximate surface area is 114 Å². The van der Waals surface area contributed by atoms with Gasteiger partial charge in [-0.1, -0.05) is 17.7 Å². The summed E-state index contributed by atoms with van der Waals surface area (Å²) in [5.74, 6) is 0. The molecule has 0 aliphatic rings. The van der Waals surface area contributed by atoms with Crippen LogP contribution in [0.1, 0.15) is 13.3 Å². The number of hydrogen-bond donors (Lipinski definition) is 2. The highest BCUT2D eigenvalue weighted by atomic mass is 79.9. The number of aliphatic hydroxyl groups is 1. The van der Waals surface area contributed by atoms with Gasteiger partial charge >= 0.3 is 0 Å². The van der Waals surface area contributed by atoms with Gasteiger partial charge < -0.3 is 5.11 Å². The van der Waals surface area contributed by atoms with E-state index in [1.807, 2.05) is 0 Å². The van der Waals surface area contributed by atoms with E-state index in [1.165, 1.54) is 6.07 Å². The molecule has 7 heteroatoms. The molecule has 1 atom stereocenters. The second-order valence-electron chi connectivity index (χ2n) is 3.59. The molecule has 0 fully saturated rings. The van der Waals surface area contributed by atoms with Crippen LogP contribution in [0, 0.1) is 0 Å². The van der Waals surface area contributed by atoms with Gasteiger partial charge in [-0.15, -0.1) is 0 Å². The third kappa shape index (κ3) is 4.22. The standard InChI is InChI=1S/C10H13BrClNO3S/c1-7(14)5-6-13-17(15,16)10-8(11)3-2-4-9(10)12/h2-4,7,13-14H,5-6H2,1H3. The van der Waals surface area contributed by atoms with E-state index in [9.17, 15) is 8.42 Å². The van der Waals surface area contributed by atoms with Crippen molar-refractivity contribution in [2.45, 2.75) is 24.3 Å². The summed E-state index contributed by atoms with van der Waals surface area (Å²) < 4.78 is 26.7. The molecule has 0 radical (unpaired) electrons. The van der Waals surface area contributed by atoms with E-state index >= 15 is 0 Å². The third-order valence-corrected chi connectivity index (χ3v) is 4.95. The van der Waals surface area contributed by atoms with Gasteiger partial charge in [0.1, 0.15) is 4.90 Å². The molecular formula is C10H13BrClNO3S. The zero-order chi connectivity index (χ0) is 13.1. The molecule has 2 N–H and O–H groups in total. The van der Waals surface area contributed by atoms with Crippen molar-refractivity contribution < 1.29 is 13.5 Å². The first-order valence-corrected chi connectivity index (χ1v) is 7.62. The van der Waals surface area contributed by atoms with Crippen LogP contribution in [0.5, 0.6) is 0 Å². The molecule has 1 aromatic rings. The van der Waals surface area contributed by atoms with Crippen molar-refractivity contribution in [1.29, 1.82) is 0 Å². The summed E-state index contributed by atoms with van der Waals surface area (Å²) in [5.41, 5.74) is 0. The van der Waals surface area contributed by atoms with E-state index in [4.69, 9.17) is 16.7 Å². The second kappa shape index (κ2) is 6.15. The summed E-state index contributed by atoms with van der Waals surface area (Å²) in [6.45, 7) is 1.76. The molecule has 0 aliphatic heterocycles. The lowest BCUT2D eigenvalue weighted by Crippen LogP contribution is -2.27. The van der Waals surface area contributed by atoms with Crippen molar-refractivity contribution in [2.75, 3.05) is 6.54 Å². The largest absolute Gasteiger partial charge is 0.393 e. The van der Waals surface area contributed by atoms with Crippen LogP contribution >= 0.6 is 27.5 Å². The molecule has 0 spiro atoms. The lowest BCUT2D eigenvalue weighted by molar-refractivity contribution is 0.186. The number of hydrogen-bond acceptors (Lipinski definition) is 3. The molecule has 17 heavy (non-hydrogen) atoms. The van der Waals surface area contributed by atoms with E-state index < -0.39 is 16.1 Å². The molecule has 0 saturated heterocycles. The SMILES string of the molecule is CC(O)CCNS(=O)(=O)c1c(Cl)cccc1Br. The number of sulfonamides is 1. The fourth-order valence-corrected chi connectivity index (χ4v) is 3.99. The molecule has 0 heterocycles. The molecule has 1 rings (SSSR count).